The van der Waals surface area contributed by atoms with Gasteiger partial charge in [0.25, 0.3) is 10.0 Å². The number of aromatic nitrogens is 5. The maximum atomic E-state index is 15.4. The van der Waals surface area contributed by atoms with Gasteiger partial charge >= 0.3 is 0 Å². The first-order valence-electron chi connectivity index (χ1n) is 10.2. The number of fused-ring (bicyclic) bond motifs is 1. The lowest BCUT2D eigenvalue weighted by atomic mass is 10.0. The van der Waals surface area contributed by atoms with E-state index in [4.69, 9.17) is 0 Å². The van der Waals surface area contributed by atoms with Crippen molar-refractivity contribution in [1.29, 1.82) is 0 Å². The average molecular weight is 499 g/mol. The Hall–Kier alpha value is -4.26. The number of alkyl halides is 1. The highest BCUT2D eigenvalue weighted by molar-refractivity contribution is 7.89. The molecule has 0 bridgehead atoms. The van der Waals surface area contributed by atoms with Crippen LogP contribution >= 0.6 is 0 Å². The van der Waals surface area contributed by atoms with E-state index in [9.17, 15) is 17.2 Å². The molecule has 0 fully saturated rings. The fourth-order valence-electron chi connectivity index (χ4n) is 3.57. The van der Waals surface area contributed by atoms with Crippen molar-refractivity contribution in [1.82, 2.24) is 29.6 Å². The summed E-state index contributed by atoms with van der Waals surface area (Å²) >= 11 is 0. The van der Waals surface area contributed by atoms with Crippen molar-refractivity contribution in [2.45, 2.75) is 17.1 Å². The fraction of sp³-hybridized carbons (Fsp3) is 0.0909. The molecule has 1 aliphatic carbocycles. The van der Waals surface area contributed by atoms with Crippen LogP contribution in [0.3, 0.4) is 0 Å². The van der Waals surface area contributed by atoms with Gasteiger partial charge in [0.2, 0.25) is 0 Å². The van der Waals surface area contributed by atoms with Crippen LogP contribution in [-0.4, -0.2) is 45.6 Å². The molecule has 3 aromatic heterocycles. The number of hydrogen-bond acceptors (Lipinski definition) is 7. The minimum Gasteiger partial charge on any atom is -0.357 e. The molecule has 3 N–H and O–H groups in total. The predicted octanol–water partition coefficient (Wildman–Crippen LogP) is 3.40. The lowest BCUT2D eigenvalue weighted by Crippen LogP contribution is -2.40. The van der Waals surface area contributed by atoms with E-state index in [0.29, 0.717) is 22.4 Å². The maximum absolute atomic E-state index is 15.4. The lowest BCUT2D eigenvalue weighted by Gasteiger charge is -2.27. The number of allylic oxidation sites excluding steroid dienone is 2. The summed E-state index contributed by atoms with van der Waals surface area (Å²) in [6.07, 6.45) is 4.01. The Bertz CT molecular complexity index is 1570. The SMILES string of the molecule is O=S(=O)(NC1=CC=C(F)C(Nc2ncccc2-c2ncnc3nc[nH]c23)C1F)c1ccc(F)cc1. The Morgan fingerprint density at radius 1 is 0.971 bits per heavy atom. The monoisotopic (exact) mass is 499 g/mol. The molecule has 0 amide bonds. The largest absolute Gasteiger partial charge is 0.357 e. The van der Waals surface area contributed by atoms with Gasteiger partial charge in [-0.3, -0.25) is 4.72 Å². The van der Waals surface area contributed by atoms with Crippen LogP contribution in [0.5, 0.6) is 0 Å². The molecule has 3 heterocycles. The summed E-state index contributed by atoms with van der Waals surface area (Å²) in [5.74, 6) is -1.38. The smallest absolute Gasteiger partial charge is 0.261 e. The number of H-pyrrole nitrogens is 1. The summed E-state index contributed by atoms with van der Waals surface area (Å²) in [7, 11) is -4.24. The third-order valence-corrected chi connectivity index (χ3v) is 6.66. The van der Waals surface area contributed by atoms with Crippen molar-refractivity contribution in [2.24, 2.45) is 0 Å². The van der Waals surface area contributed by atoms with E-state index in [1.165, 1.54) is 18.9 Å². The second kappa shape index (κ2) is 8.83. The third kappa shape index (κ3) is 4.33. The van der Waals surface area contributed by atoms with Gasteiger partial charge in [-0.25, -0.2) is 41.5 Å². The van der Waals surface area contributed by atoms with Crippen molar-refractivity contribution in [2.75, 3.05) is 5.32 Å². The number of halogens is 3. The topological polar surface area (TPSA) is 126 Å². The molecular weight excluding hydrogens is 483 g/mol. The molecule has 1 aromatic carbocycles. The molecule has 9 nitrogen and oxygen atoms in total. The van der Waals surface area contributed by atoms with Gasteiger partial charge in [0.1, 0.15) is 41.0 Å². The fourth-order valence-corrected chi connectivity index (χ4v) is 4.68. The molecule has 5 rings (SSSR count). The summed E-state index contributed by atoms with van der Waals surface area (Å²) in [4.78, 5) is 19.2. The molecule has 0 radical (unpaired) electrons. The number of imidazole rings is 1. The molecule has 178 valence electrons. The van der Waals surface area contributed by atoms with Gasteiger partial charge in [-0.15, -0.1) is 0 Å². The molecule has 0 aliphatic heterocycles. The summed E-state index contributed by atoms with van der Waals surface area (Å²) in [6, 6.07) is 5.71. The number of benzene rings is 1. The quantitative estimate of drug-likeness (QED) is 0.371. The average Bonchev–Trinajstić information content (AvgIpc) is 3.33. The molecule has 2 unspecified atom stereocenters. The minimum atomic E-state index is -4.24. The van der Waals surface area contributed by atoms with E-state index in [0.717, 1.165) is 36.4 Å². The summed E-state index contributed by atoms with van der Waals surface area (Å²) in [5, 5.41) is 2.72. The van der Waals surface area contributed by atoms with Crippen LogP contribution in [0.2, 0.25) is 0 Å². The molecule has 35 heavy (non-hydrogen) atoms. The van der Waals surface area contributed by atoms with E-state index in [2.05, 4.69) is 35.0 Å². The van der Waals surface area contributed by atoms with Gasteiger partial charge in [-0.05, 0) is 48.6 Å². The first-order valence-corrected chi connectivity index (χ1v) is 11.7. The molecule has 0 saturated carbocycles. The summed E-state index contributed by atoms with van der Waals surface area (Å²) < 4.78 is 70.7. The van der Waals surface area contributed by atoms with E-state index >= 15 is 4.39 Å². The van der Waals surface area contributed by atoms with Crippen LogP contribution in [-0.2, 0) is 10.0 Å². The zero-order valence-corrected chi connectivity index (χ0v) is 18.5. The van der Waals surface area contributed by atoms with Crippen LogP contribution in [0.4, 0.5) is 19.0 Å². The first-order chi connectivity index (χ1) is 16.8. The van der Waals surface area contributed by atoms with Crippen LogP contribution in [0, 0.1) is 5.82 Å². The van der Waals surface area contributed by atoms with Crippen molar-refractivity contribution in [3.63, 3.8) is 0 Å². The molecule has 4 aromatic rings. The van der Waals surface area contributed by atoms with Gasteiger partial charge in [-0.1, -0.05) is 0 Å². The second-order valence-corrected chi connectivity index (χ2v) is 9.16. The number of aromatic amines is 1. The van der Waals surface area contributed by atoms with Crippen LogP contribution in [0.1, 0.15) is 0 Å². The van der Waals surface area contributed by atoms with E-state index in [1.807, 2.05) is 0 Å². The minimum absolute atomic E-state index is 0.112. The molecular formula is C22H16F3N7O2S. The number of anilines is 1. The summed E-state index contributed by atoms with van der Waals surface area (Å²) in [6.45, 7) is 0. The molecule has 0 saturated heterocycles. The van der Waals surface area contributed by atoms with Crippen molar-refractivity contribution in [3.8, 4) is 11.3 Å². The van der Waals surface area contributed by atoms with Crippen molar-refractivity contribution in [3.05, 3.63) is 84.7 Å². The Labute approximate surface area is 196 Å². The Morgan fingerprint density at radius 2 is 1.77 bits per heavy atom. The zero-order chi connectivity index (χ0) is 24.6. The molecule has 13 heteroatoms. The van der Waals surface area contributed by atoms with Crippen LogP contribution in [0.25, 0.3) is 22.4 Å². The molecule has 2 atom stereocenters. The first kappa shape index (κ1) is 22.5. The molecule has 0 spiro atoms. The van der Waals surface area contributed by atoms with Gasteiger partial charge in [0.15, 0.2) is 11.8 Å². The maximum Gasteiger partial charge on any atom is 0.261 e. The highest BCUT2D eigenvalue weighted by Gasteiger charge is 2.34. The number of pyridine rings is 1. The third-order valence-electron chi connectivity index (χ3n) is 5.26. The van der Waals surface area contributed by atoms with Crippen LogP contribution in [0.15, 0.2) is 83.8 Å². The number of rotatable bonds is 6. The van der Waals surface area contributed by atoms with Gasteiger partial charge in [-0.2, -0.15) is 0 Å². The van der Waals surface area contributed by atoms with Gasteiger partial charge in [0.05, 0.1) is 16.9 Å². The van der Waals surface area contributed by atoms with Crippen molar-refractivity contribution < 1.29 is 21.6 Å². The molecule has 1 aliphatic rings. The van der Waals surface area contributed by atoms with E-state index < -0.39 is 39.6 Å². The highest BCUT2D eigenvalue weighted by atomic mass is 32.2. The van der Waals surface area contributed by atoms with Crippen molar-refractivity contribution >= 4 is 27.0 Å². The summed E-state index contributed by atoms with van der Waals surface area (Å²) in [5.41, 5.74) is 1.34. The van der Waals surface area contributed by atoms with Crippen LogP contribution < -0.4 is 10.0 Å². The highest BCUT2D eigenvalue weighted by Crippen LogP contribution is 2.32. The Kier molecular flexibility index (Phi) is 5.68. The standard InChI is InChI=1S/C22H16F3N7O2S/c23-12-3-5-13(6-4-12)35(33,34)32-16-8-7-15(24)19(17(16)25)31-21-14(2-1-9-26-21)18-20-22(29-10-27-18)30-11-28-20/h1-11,17,19,32H,(H,26,31)(H,27,28,29,30). The number of nitrogens with zero attached hydrogens (tertiary/aromatic N) is 4. The van der Waals surface area contributed by atoms with E-state index in [-0.39, 0.29) is 10.7 Å². The predicted molar refractivity (Wildman–Crippen MR) is 121 cm³/mol. The zero-order valence-electron chi connectivity index (χ0n) is 17.7. The van der Waals surface area contributed by atoms with Gasteiger partial charge < -0.3 is 10.3 Å². The second-order valence-electron chi connectivity index (χ2n) is 7.48. The number of nitrogens with one attached hydrogen (secondary N) is 3. The Balaban J connectivity index is 1.44. The lowest BCUT2D eigenvalue weighted by molar-refractivity contribution is 0.321. The van der Waals surface area contributed by atoms with E-state index in [1.54, 1.807) is 12.1 Å². The Morgan fingerprint density at radius 3 is 2.57 bits per heavy atom. The normalized spacial score (nSPS) is 18.1. The number of sulfonamides is 1. The van der Waals surface area contributed by atoms with Gasteiger partial charge in [0, 0.05) is 11.8 Å². The number of hydrogen-bond donors (Lipinski definition) is 3.